The lowest BCUT2D eigenvalue weighted by atomic mass is 9.99. The first-order chi connectivity index (χ1) is 21.5. The number of fused-ring (bicyclic) bond motifs is 1. The van der Waals surface area contributed by atoms with Gasteiger partial charge in [-0.3, -0.25) is 14.4 Å². The summed E-state index contributed by atoms with van der Waals surface area (Å²) in [5.74, 6) is -0.798. The summed E-state index contributed by atoms with van der Waals surface area (Å²) in [4.78, 5) is 42.2. The molecule has 2 heterocycles. The maximum Gasteiger partial charge on any atom is 0.267 e. The summed E-state index contributed by atoms with van der Waals surface area (Å²) in [6.45, 7) is 0. The maximum absolute atomic E-state index is 13.6. The van der Waals surface area contributed by atoms with Crippen LogP contribution in [0.5, 0.6) is 0 Å². The van der Waals surface area contributed by atoms with Crippen LogP contribution in [0.1, 0.15) is 27.9 Å². The number of pyridine rings is 1. The van der Waals surface area contributed by atoms with E-state index in [0.29, 0.717) is 22.3 Å². The number of nitrogens with one attached hydrogen (secondary N) is 2. The molecule has 0 aliphatic heterocycles. The third-order valence-corrected chi connectivity index (χ3v) is 7.03. The second-order valence-corrected chi connectivity index (χ2v) is 10.1. The van der Waals surface area contributed by atoms with E-state index in [9.17, 15) is 14.4 Å². The molecule has 0 aliphatic carbocycles. The predicted molar refractivity (Wildman–Crippen MR) is 173 cm³/mol. The first-order valence-electron chi connectivity index (χ1n) is 14.0. The second kappa shape index (κ2) is 12.8. The predicted octanol–water partition coefficient (Wildman–Crippen LogP) is 6.19. The number of rotatable bonds is 9. The Bertz CT molecular complexity index is 2060. The van der Waals surface area contributed by atoms with Crippen molar-refractivity contribution in [1.29, 1.82) is 0 Å². The summed E-state index contributed by atoms with van der Waals surface area (Å²) in [7, 11) is 0. The molecular formula is C36H27N5O3. The minimum Gasteiger partial charge on any atom is -0.321 e. The average molecular weight is 578 g/mol. The Kier molecular flexibility index (Phi) is 8.14. The number of carbonyl (C=O) groups excluding carboxylic acids is 2. The fourth-order valence-corrected chi connectivity index (χ4v) is 4.80. The largest absolute Gasteiger partial charge is 0.321 e. The lowest BCUT2D eigenvalue weighted by Crippen LogP contribution is -2.22. The number of para-hydroxylation sites is 2. The van der Waals surface area contributed by atoms with Crippen molar-refractivity contribution in [2.45, 2.75) is 6.42 Å². The van der Waals surface area contributed by atoms with Crippen LogP contribution in [-0.2, 0) is 4.79 Å². The van der Waals surface area contributed by atoms with Crippen molar-refractivity contribution in [2.75, 3.05) is 0 Å². The molecule has 6 aromatic rings. The van der Waals surface area contributed by atoms with E-state index in [1.165, 1.54) is 6.21 Å². The number of amides is 1. The van der Waals surface area contributed by atoms with Crippen LogP contribution in [0.2, 0.25) is 0 Å². The Balaban J connectivity index is 1.37. The monoisotopic (exact) mass is 577 g/mol. The van der Waals surface area contributed by atoms with Crippen molar-refractivity contribution in [3.05, 3.63) is 160 Å². The van der Waals surface area contributed by atoms with E-state index >= 15 is 0 Å². The molecule has 0 saturated carbocycles. The van der Waals surface area contributed by atoms with Gasteiger partial charge in [0.25, 0.3) is 11.5 Å². The molecule has 0 unspecified atom stereocenters. The highest BCUT2D eigenvalue weighted by Crippen LogP contribution is 2.27. The zero-order valence-electron chi connectivity index (χ0n) is 23.6. The van der Waals surface area contributed by atoms with E-state index in [2.05, 4.69) is 15.5 Å². The fraction of sp³-hybridized carbons (Fsp3) is 0.0278. The van der Waals surface area contributed by atoms with Crippen molar-refractivity contribution in [3.63, 3.8) is 0 Å². The Morgan fingerprint density at radius 3 is 2.23 bits per heavy atom. The zero-order chi connectivity index (χ0) is 30.3. The quantitative estimate of drug-likeness (QED) is 0.0925. The van der Waals surface area contributed by atoms with E-state index in [0.717, 1.165) is 16.6 Å². The summed E-state index contributed by atoms with van der Waals surface area (Å²) in [6.07, 6.45) is 4.62. The van der Waals surface area contributed by atoms with Crippen LogP contribution in [0.4, 0.5) is 0 Å². The molecule has 214 valence electrons. The summed E-state index contributed by atoms with van der Waals surface area (Å²) >= 11 is 0. The highest BCUT2D eigenvalue weighted by atomic mass is 16.2. The number of benzene rings is 4. The van der Waals surface area contributed by atoms with Crippen LogP contribution in [0, 0.1) is 0 Å². The number of aromatic amines is 1. The normalized spacial score (nSPS) is 11.6. The van der Waals surface area contributed by atoms with Crippen molar-refractivity contribution < 1.29 is 9.59 Å². The molecular weight excluding hydrogens is 550 g/mol. The molecule has 6 rings (SSSR count). The molecule has 1 amide bonds. The summed E-state index contributed by atoms with van der Waals surface area (Å²) in [5, 5.41) is 9.72. The van der Waals surface area contributed by atoms with E-state index < -0.39 is 5.91 Å². The molecule has 2 aromatic heterocycles. The van der Waals surface area contributed by atoms with Crippen LogP contribution < -0.4 is 11.0 Å². The molecule has 0 atom stereocenters. The topological polar surface area (TPSA) is 109 Å². The molecule has 2 N–H and O–H groups in total. The Morgan fingerprint density at radius 2 is 1.48 bits per heavy atom. The molecule has 0 spiro atoms. The number of hydrogen-bond acceptors (Lipinski definition) is 5. The van der Waals surface area contributed by atoms with Gasteiger partial charge in [-0.05, 0) is 35.7 Å². The van der Waals surface area contributed by atoms with Gasteiger partial charge in [0, 0.05) is 40.4 Å². The van der Waals surface area contributed by atoms with Gasteiger partial charge in [-0.25, -0.2) is 10.1 Å². The molecule has 4 aromatic carbocycles. The number of aromatic nitrogens is 3. The third kappa shape index (κ3) is 6.34. The van der Waals surface area contributed by atoms with Crippen LogP contribution in [0.15, 0.2) is 143 Å². The molecule has 0 fully saturated rings. The van der Waals surface area contributed by atoms with Gasteiger partial charge in [-0.15, -0.1) is 0 Å². The molecule has 8 nitrogen and oxygen atoms in total. The number of carbonyl (C=O) groups is 2. The average Bonchev–Trinajstić information content (AvgIpc) is 3.49. The zero-order valence-corrected chi connectivity index (χ0v) is 23.6. The molecule has 44 heavy (non-hydrogen) atoms. The van der Waals surface area contributed by atoms with Crippen LogP contribution >= 0.6 is 0 Å². The van der Waals surface area contributed by atoms with E-state index in [1.54, 1.807) is 41.1 Å². The number of hydrazone groups is 1. The number of H-pyrrole nitrogens is 1. The van der Waals surface area contributed by atoms with Crippen LogP contribution in [0.3, 0.4) is 0 Å². The first-order valence-corrected chi connectivity index (χ1v) is 14.0. The number of hydrogen-bond donors (Lipinski definition) is 2. The molecule has 0 bridgehead atoms. The number of ketones is 1. The lowest BCUT2D eigenvalue weighted by molar-refractivity contribution is -0.117. The smallest absolute Gasteiger partial charge is 0.267 e. The number of Topliss-reactive ketones (excluding diaryl/α,β-unsaturated/α-hetero) is 1. The summed E-state index contributed by atoms with van der Waals surface area (Å²) in [6, 6.07) is 37.2. The SMILES string of the molecule is O=C(NN=Cc1cc2ccccc2[nH]c1=O)C(=Cc1cn(-c2ccccc2)nc1-c1ccccc1)CC(=O)c1ccccc1. The van der Waals surface area contributed by atoms with Gasteiger partial charge in [0.2, 0.25) is 0 Å². The molecule has 8 heteroatoms. The van der Waals surface area contributed by atoms with Crippen LogP contribution in [0.25, 0.3) is 33.9 Å². The minimum absolute atomic E-state index is 0.174. The summed E-state index contributed by atoms with van der Waals surface area (Å²) in [5.41, 5.74) is 6.85. The molecule has 0 radical (unpaired) electrons. The number of nitrogens with zero attached hydrogens (tertiary/aromatic N) is 3. The minimum atomic E-state index is -0.575. The third-order valence-electron chi connectivity index (χ3n) is 7.03. The van der Waals surface area contributed by atoms with Crippen molar-refractivity contribution in [2.24, 2.45) is 5.10 Å². The molecule has 0 aliphatic rings. The van der Waals surface area contributed by atoms with Crippen molar-refractivity contribution in [1.82, 2.24) is 20.2 Å². The highest BCUT2D eigenvalue weighted by molar-refractivity contribution is 6.07. The van der Waals surface area contributed by atoms with Crippen molar-refractivity contribution >= 4 is 34.9 Å². The molecule has 0 saturated heterocycles. The van der Waals surface area contributed by atoms with Crippen LogP contribution in [-0.4, -0.2) is 32.7 Å². The van der Waals surface area contributed by atoms with Gasteiger partial charge in [0.05, 0.1) is 23.2 Å². The Hall–Kier alpha value is -6.15. The van der Waals surface area contributed by atoms with Gasteiger partial charge < -0.3 is 4.98 Å². The van der Waals surface area contributed by atoms with Gasteiger partial charge in [0.15, 0.2) is 5.78 Å². The van der Waals surface area contributed by atoms with E-state index in [-0.39, 0.29) is 28.9 Å². The lowest BCUT2D eigenvalue weighted by Gasteiger charge is -2.07. The van der Waals surface area contributed by atoms with Gasteiger partial charge in [-0.1, -0.05) is 97.1 Å². The van der Waals surface area contributed by atoms with Crippen molar-refractivity contribution in [3.8, 4) is 16.9 Å². The maximum atomic E-state index is 13.6. The standard InChI is InChI=1S/C36H27N5O3/c42-33(25-12-4-1-5-13-25)22-28(36(44)39-37-23-29-20-27-16-10-11-19-32(27)38-35(29)43)21-30-24-41(31-17-8-3-9-18-31)40-34(30)26-14-6-2-7-15-26/h1-21,23-24H,22H2,(H,38,43)(H,39,44). The Labute approximate surface area is 253 Å². The fourth-order valence-electron chi connectivity index (χ4n) is 4.80. The first kappa shape index (κ1) is 28.0. The summed E-state index contributed by atoms with van der Waals surface area (Å²) < 4.78 is 1.74. The van der Waals surface area contributed by atoms with E-state index in [1.807, 2.05) is 97.2 Å². The van der Waals surface area contributed by atoms with Gasteiger partial charge >= 0.3 is 0 Å². The van der Waals surface area contributed by atoms with E-state index in [4.69, 9.17) is 5.10 Å². The highest BCUT2D eigenvalue weighted by Gasteiger charge is 2.18. The van der Waals surface area contributed by atoms with Gasteiger partial charge in [0.1, 0.15) is 0 Å². The Morgan fingerprint density at radius 1 is 0.818 bits per heavy atom. The second-order valence-electron chi connectivity index (χ2n) is 10.1. The van der Waals surface area contributed by atoms with Gasteiger partial charge in [-0.2, -0.15) is 10.2 Å².